The molecule has 0 saturated carbocycles. The van der Waals surface area contributed by atoms with Crippen LogP contribution >= 0.6 is 0 Å². The molecule has 132 valence electrons. The summed E-state index contributed by atoms with van der Waals surface area (Å²) < 4.78 is 23.1. The lowest BCUT2D eigenvalue weighted by molar-refractivity contribution is -0.384. The molecule has 1 aromatic rings. The lowest BCUT2D eigenvalue weighted by Crippen LogP contribution is -2.39. The molecule has 0 spiro atoms. The van der Waals surface area contributed by atoms with Gasteiger partial charge in [-0.3, -0.25) is 10.1 Å². The molecule has 1 saturated heterocycles. The molecule has 2 N–H and O–H groups in total. The highest BCUT2D eigenvalue weighted by atomic mass is 32.2. The minimum absolute atomic E-state index is 0.136. The van der Waals surface area contributed by atoms with Crippen LogP contribution in [-0.4, -0.2) is 55.4 Å². The Kier molecular flexibility index (Phi) is 5.22. The van der Waals surface area contributed by atoms with Crippen molar-refractivity contribution < 1.29 is 23.2 Å². The summed E-state index contributed by atoms with van der Waals surface area (Å²) in [7, 11) is -3.58. The van der Waals surface area contributed by atoms with E-state index in [9.17, 15) is 23.3 Å². The van der Waals surface area contributed by atoms with Gasteiger partial charge in [-0.2, -0.15) is 0 Å². The molecule has 1 aromatic heterocycles. The van der Waals surface area contributed by atoms with E-state index < -0.39 is 20.9 Å². The van der Waals surface area contributed by atoms with Crippen molar-refractivity contribution in [1.82, 2.24) is 10.3 Å². The first-order valence-electron chi connectivity index (χ1n) is 7.24. The van der Waals surface area contributed by atoms with Crippen LogP contribution < -0.4 is 10.2 Å². The Morgan fingerprint density at radius 2 is 2.12 bits per heavy atom. The van der Waals surface area contributed by atoms with Gasteiger partial charge in [0.1, 0.15) is 0 Å². The Morgan fingerprint density at radius 3 is 2.62 bits per heavy atom. The van der Waals surface area contributed by atoms with E-state index in [1.165, 1.54) is 0 Å². The zero-order chi connectivity index (χ0) is 17.9. The van der Waals surface area contributed by atoms with Crippen LogP contribution in [0.25, 0.3) is 0 Å². The second-order valence-corrected chi connectivity index (χ2v) is 7.68. The van der Waals surface area contributed by atoms with Crippen molar-refractivity contribution in [1.29, 1.82) is 0 Å². The van der Waals surface area contributed by atoms with Crippen LogP contribution in [0.2, 0.25) is 0 Å². The third kappa shape index (κ3) is 4.31. The van der Waals surface area contributed by atoms with Crippen LogP contribution in [0.4, 0.5) is 16.3 Å². The summed E-state index contributed by atoms with van der Waals surface area (Å²) in [4.78, 5) is 26.6. The molecule has 1 aliphatic rings. The molecule has 2 rings (SSSR count). The Balaban J connectivity index is 2.15. The maximum absolute atomic E-state index is 11.5. The predicted molar refractivity (Wildman–Crippen MR) is 85.0 cm³/mol. The molecule has 2 heterocycles. The quantitative estimate of drug-likeness (QED) is 0.583. The zero-order valence-electron chi connectivity index (χ0n) is 13.0. The Hall–Kier alpha value is -2.43. The summed E-state index contributed by atoms with van der Waals surface area (Å²) in [6, 6.07) is 1.02. The van der Waals surface area contributed by atoms with Crippen LogP contribution in [0.5, 0.6) is 0 Å². The minimum Gasteiger partial charge on any atom is -0.465 e. The molecule has 0 unspecified atom stereocenters. The van der Waals surface area contributed by atoms with Crippen LogP contribution in [0.3, 0.4) is 0 Å². The lowest BCUT2D eigenvalue weighted by Gasteiger charge is -2.32. The van der Waals surface area contributed by atoms with E-state index in [2.05, 4.69) is 10.3 Å². The standard InChI is InChI=1S/C13H18N4O6S/c1-24(22,23)10-6-11(17(20)21)12(14-8-10)16-4-2-9(3-5-16)7-15-13(18)19/h6,8-9,15H,2-5,7H2,1H3,(H,18,19). The molecule has 0 atom stereocenters. The Morgan fingerprint density at radius 1 is 1.50 bits per heavy atom. The van der Waals surface area contributed by atoms with Gasteiger partial charge < -0.3 is 15.3 Å². The second-order valence-electron chi connectivity index (χ2n) is 5.66. The number of nitrogens with zero attached hydrogens (tertiary/aromatic N) is 3. The van der Waals surface area contributed by atoms with Gasteiger partial charge in [0.25, 0.3) is 0 Å². The van der Waals surface area contributed by atoms with Crippen molar-refractivity contribution >= 4 is 27.4 Å². The van der Waals surface area contributed by atoms with Gasteiger partial charge in [-0.05, 0) is 18.8 Å². The number of piperidine rings is 1. The van der Waals surface area contributed by atoms with Crippen molar-refractivity contribution in [3.63, 3.8) is 0 Å². The normalized spacial score (nSPS) is 16.0. The monoisotopic (exact) mass is 358 g/mol. The van der Waals surface area contributed by atoms with Crippen molar-refractivity contribution in [3.05, 3.63) is 22.4 Å². The van der Waals surface area contributed by atoms with E-state index in [0.717, 1.165) is 18.5 Å². The van der Waals surface area contributed by atoms with E-state index in [4.69, 9.17) is 5.11 Å². The SMILES string of the molecule is CS(=O)(=O)c1cnc(N2CCC(CNC(=O)O)CC2)c([N+](=O)[O-])c1. The summed E-state index contributed by atoms with van der Waals surface area (Å²) in [6.07, 6.45) is 2.33. The van der Waals surface area contributed by atoms with Gasteiger partial charge in [-0.15, -0.1) is 0 Å². The third-order valence-electron chi connectivity index (χ3n) is 3.90. The summed E-state index contributed by atoms with van der Waals surface area (Å²) >= 11 is 0. The van der Waals surface area contributed by atoms with Gasteiger partial charge >= 0.3 is 11.8 Å². The number of hydrogen-bond donors (Lipinski definition) is 2. The summed E-state index contributed by atoms with van der Waals surface area (Å²) in [5.74, 6) is 0.295. The number of aromatic nitrogens is 1. The van der Waals surface area contributed by atoms with Crippen LogP contribution in [-0.2, 0) is 9.84 Å². The average Bonchev–Trinajstić information content (AvgIpc) is 2.52. The van der Waals surface area contributed by atoms with Gasteiger partial charge in [0.2, 0.25) is 5.82 Å². The molecule has 11 heteroatoms. The number of amides is 1. The van der Waals surface area contributed by atoms with Crippen LogP contribution in [0.15, 0.2) is 17.2 Å². The highest BCUT2D eigenvalue weighted by Crippen LogP contribution is 2.31. The lowest BCUT2D eigenvalue weighted by atomic mass is 9.97. The van der Waals surface area contributed by atoms with Gasteiger partial charge in [-0.1, -0.05) is 0 Å². The number of carbonyl (C=O) groups is 1. The number of carboxylic acid groups (broad SMARTS) is 1. The van der Waals surface area contributed by atoms with Gasteiger partial charge in [0, 0.05) is 38.2 Å². The van der Waals surface area contributed by atoms with E-state index in [0.29, 0.717) is 32.5 Å². The fourth-order valence-electron chi connectivity index (χ4n) is 2.59. The van der Waals surface area contributed by atoms with Crippen LogP contribution in [0.1, 0.15) is 12.8 Å². The minimum atomic E-state index is -3.58. The van der Waals surface area contributed by atoms with Crippen molar-refractivity contribution in [2.75, 3.05) is 30.8 Å². The summed E-state index contributed by atoms with van der Waals surface area (Å²) in [5, 5.41) is 22.2. The maximum atomic E-state index is 11.5. The van der Waals surface area contributed by atoms with E-state index in [-0.39, 0.29) is 22.3 Å². The van der Waals surface area contributed by atoms with E-state index >= 15 is 0 Å². The first kappa shape index (κ1) is 17.9. The number of rotatable bonds is 5. The molecule has 10 nitrogen and oxygen atoms in total. The van der Waals surface area contributed by atoms with Gasteiger partial charge in [-0.25, -0.2) is 18.2 Å². The van der Waals surface area contributed by atoms with Crippen LogP contribution in [0, 0.1) is 16.0 Å². The molecule has 0 bridgehead atoms. The number of sulfone groups is 1. The van der Waals surface area contributed by atoms with Gasteiger partial charge in [0.05, 0.1) is 9.82 Å². The molecule has 0 aliphatic carbocycles. The van der Waals surface area contributed by atoms with Gasteiger partial charge in [0.15, 0.2) is 9.84 Å². The maximum Gasteiger partial charge on any atom is 0.404 e. The predicted octanol–water partition coefficient (Wildman–Crippen LogP) is 0.877. The van der Waals surface area contributed by atoms with Crippen molar-refractivity contribution in [3.8, 4) is 0 Å². The molecule has 1 amide bonds. The molecular formula is C13H18N4O6S. The zero-order valence-corrected chi connectivity index (χ0v) is 13.8. The summed E-state index contributed by atoms with van der Waals surface area (Å²) in [6.45, 7) is 1.31. The first-order chi connectivity index (χ1) is 11.2. The Bertz CT molecular complexity index is 743. The van der Waals surface area contributed by atoms with E-state index in [1.54, 1.807) is 4.90 Å². The molecule has 0 aromatic carbocycles. The fraction of sp³-hybridized carbons (Fsp3) is 0.538. The van der Waals surface area contributed by atoms with Crippen molar-refractivity contribution in [2.24, 2.45) is 5.92 Å². The number of nitro groups is 1. The van der Waals surface area contributed by atoms with Crippen molar-refractivity contribution in [2.45, 2.75) is 17.7 Å². The topological polar surface area (TPSA) is 143 Å². The molecule has 1 aliphatic heterocycles. The molecule has 0 radical (unpaired) electrons. The van der Waals surface area contributed by atoms with E-state index in [1.807, 2.05) is 0 Å². The molecule has 24 heavy (non-hydrogen) atoms. The molecular weight excluding hydrogens is 340 g/mol. The first-order valence-corrected chi connectivity index (χ1v) is 9.14. The number of pyridine rings is 1. The summed E-state index contributed by atoms with van der Waals surface area (Å²) in [5.41, 5.74) is -0.347. The average molecular weight is 358 g/mol. The fourth-order valence-corrected chi connectivity index (χ4v) is 3.16. The number of nitrogens with one attached hydrogen (secondary N) is 1. The largest absolute Gasteiger partial charge is 0.465 e. The smallest absolute Gasteiger partial charge is 0.404 e. The number of hydrogen-bond acceptors (Lipinski definition) is 7. The number of anilines is 1. The highest BCUT2D eigenvalue weighted by Gasteiger charge is 2.27. The molecule has 1 fully saturated rings. The Labute approximate surface area is 138 Å². The second kappa shape index (κ2) is 6.99. The highest BCUT2D eigenvalue weighted by molar-refractivity contribution is 7.90. The third-order valence-corrected chi connectivity index (χ3v) is 4.98.